The van der Waals surface area contributed by atoms with Crippen molar-refractivity contribution in [3.8, 4) is 5.75 Å². The standard InChI is InChI=1S/C24H25N3O7/c1-33-19-7-5-16(6-8-19)22(28)20-21(17-3-2-4-18(15-17)27(31)32)26(24(30)23(20)29)10-9-25-11-13-34-14-12-25/h2-8,15,21,28H,9-14H2,1H3/b22-20+/t21-/m0/s1. The second kappa shape index (κ2) is 10.0. The van der Waals surface area contributed by atoms with Gasteiger partial charge >= 0.3 is 0 Å². The number of non-ortho nitro benzene ring substituents is 1. The molecule has 0 unspecified atom stereocenters. The van der Waals surface area contributed by atoms with Gasteiger partial charge in [-0.1, -0.05) is 12.1 Å². The summed E-state index contributed by atoms with van der Waals surface area (Å²) in [5.41, 5.74) is 0.450. The number of amides is 1. The van der Waals surface area contributed by atoms with Gasteiger partial charge in [0.05, 0.1) is 36.9 Å². The fourth-order valence-electron chi connectivity index (χ4n) is 4.24. The van der Waals surface area contributed by atoms with Gasteiger partial charge in [-0.2, -0.15) is 0 Å². The van der Waals surface area contributed by atoms with Crippen molar-refractivity contribution in [2.24, 2.45) is 0 Å². The van der Waals surface area contributed by atoms with Gasteiger partial charge in [0, 0.05) is 43.9 Å². The van der Waals surface area contributed by atoms with Crippen LogP contribution in [-0.2, 0) is 14.3 Å². The summed E-state index contributed by atoms with van der Waals surface area (Å²) in [6.07, 6.45) is 0. The first-order valence-corrected chi connectivity index (χ1v) is 10.9. The Hall–Kier alpha value is -3.76. The fraction of sp³-hybridized carbons (Fsp3) is 0.333. The quantitative estimate of drug-likeness (QED) is 0.217. The number of nitro benzene ring substituents is 1. The SMILES string of the molecule is COc1ccc(/C(O)=C2\C(=O)C(=O)N(CCN3CCOCC3)[C@H]2c2cccc([N+](=O)[O-])c2)cc1. The first-order valence-electron chi connectivity index (χ1n) is 10.9. The second-order valence-corrected chi connectivity index (χ2v) is 8.03. The third-order valence-corrected chi connectivity index (χ3v) is 6.06. The van der Waals surface area contributed by atoms with Crippen LogP contribution in [0, 0.1) is 10.1 Å². The van der Waals surface area contributed by atoms with E-state index < -0.39 is 22.7 Å². The van der Waals surface area contributed by atoms with Crippen molar-refractivity contribution in [2.75, 3.05) is 46.5 Å². The van der Waals surface area contributed by atoms with Crippen molar-refractivity contribution >= 4 is 23.1 Å². The van der Waals surface area contributed by atoms with Gasteiger partial charge in [0.25, 0.3) is 17.4 Å². The van der Waals surface area contributed by atoms with Crippen molar-refractivity contribution in [2.45, 2.75) is 6.04 Å². The molecular weight excluding hydrogens is 442 g/mol. The molecule has 1 amide bonds. The fourth-order valence-corrected chi connectivity index (χ4v) is 4.24. The maximum atomic E-state index is 13.1. The zero-order valence-electron chi connectivity index (χ0n) is 18.7. The van der Waals surface area contributed by atoms with E-state index in [9.17, 15) is 24.8 Å². The van der Waals surface area contributed by atoms with Gasteiger partial charge in [-0.3, -0.25) is 24.6 Å². The Balaban J connectivity index is 1.76. The Morgan fingerprint density at radius 3 is 2.50 bits per heavy atom. The van der Waals surface area contributed by atoms with Gasteiger partial charge in [0.2, 0.25) is 0 Å². The maximum Gasteiger partial charge on any atom is 0.295 e. The number of hydrogen-bond donors (Lipinski definition) is 1. The number of carbonyl (C=O) groups is 2. The predicted octanol–water partition coefficient (Wildman–Crippen LogP) is 2.36. The summed E-state index contributed by atoms with van der Waals surface area (Å²) in [6, 6.07) is 11.3. The molecule has 2 fully saturated rings. The molecule has 10 nitrogen and oxygen atoms in total. The lowest BCUT2D eigenvalue weighted by atomic mass is 9.95. The lowest BCUT2D eigenvalue weighted by molar-refractivity contribution is -0.384. The molecule has 0 radical (unpaired) electrons. The van der Waals surface area contributed by atoms with E-state index >= 15 is 0 Å². The third kappa shape index (κ3) is 4.63. The third-order valence-electron chi connectivity index (χ3n) is 6.06. The minimum absolute atomic E-state index is 0.0994. The maximum absolute atomic E-state index is 13.1. The van der Waals surface area contributed by atoms with Crippen LogP contribution >= 0.6 is 0 Å². The highest BCUT2D eigenvalue weighted by molar-refractivity contribution is 6.46. The normalized spacial score (nSPS) is 20.5. The Morgan fingerprint density at radius 1 is 1.15 bits per heavy atom. The Kier molecular flexibility index (Phi) is 6.90. The number of aliphatic hydroxyl groups excluding tert-OH is 1. The minimum Gasteiger partial charge on any atom is -0.507 e. The summed E-state index contributed by atoms with van der Waals surface area (Å²) in [5, 5.41) is 22.5. The predicted molar refractivity (Wildman–Crippen MR) is 122 cm³/mol. The number of nitrogens with zero attached hydrogens (tertiary/aromatic N) is 3. The number of nitro groups is 1. The molecule has 2 heterocycles. The highest BCUT2D eigenvalue weighted by atomic mass is 16.6. The van der Waals surface area contributed by atoms with Gasteiger partial charge in [-0.05, 0) is 29.8 Å². The molecule has 2 aromatic carbocycles. The molecule has 0 bridgehead atoms. The number of likely N-dealkylation sites (tertiary alicyclic amines) is 1. The van der Waals surface area contributed by atoms with Crippen LogP contribution in [0.5, 0.6) is 5.75 Å². The zero-order valence-corrected chi connectivity index (χ0v) is 18.7. The molecule has 1 atom stereocenters. The number of Topliss-reactive ketones (excluding diaryl/α,β-unsaturated/α-hetero) is 1. The van der Waals surface area contributed by atoms with E-state index in [1.54, 1.807) is 30.3 Å². The number of hydrogen-bond acceptors (Lipinski definition) is 8. The molecule has 2 aliphatic heterocycles. The molecule has 0 aromatic heterocycles. The zero-order chi connectivity index (χ0) is 24.2. The van der Waals surface area contributed by atoms with Crippen molar-refractivity contribution in [1.82, 2.24) is 9.80 Å². The number of ether oxygens (including phenoxy) is 2. The van der Waals surface area contributed by atoms with Crippen LogP contribution in [0.1, 0.15) is 17.2 Å². The van der Waals surface area contributed by atoms with Crippen LogP contribution < -0.4 is 4.74 Å². The van der Waals surface area contributed by atoms with E-state index in [-0.39, 0.29) is 23.6 Å². The molecule has 1 N–H and O–H groups in total. The Bertz CT molecular complexity index is 1120. The lowest BCUT2D eigenvalue weighted by Crippen LogP contribution is -2.42. The molecule has 10 heteroatoms. The van der Waals surface area contributed by atoms with Crippen LogP contribution in [0.3, 0.4) is 0 Å². The number of morpholine rings is 1. The summed E-state index contributed by atoms with van der Waals surface area (Å²) in [6.45, 7) is 3.31. The summed E-state index contributed by atoms with van der Waals surface area (Å²) in [7, 11) is 1.51. The number of rotatable bonds is 7. The monoisotopic (exact) mass is 467 g/mol. The molecule has 34 heavy (non-hydrogen) atoms. The summed E-state index contributed by atoms with van der Waals surface area (Å²) < 4.78 is 10.5. The van der Waals surface area contributed by atoms with Crippen molar-refractivity contribution in [1.29, 1.82) is 0 Å². The second-order valence-electron chi connectivity index (χ2n) is 8.03. The van der Waals surface area contributed by atoms with E-state index in [2.05, 4.69) is 4.90 Å². The number of aliphatic hydroxyl groups is 1. The molecule has 2 aliphatic rings. The largest absolute Gasteiger partial charge is 0.507 e. The number of benzene rings is 2. The number of methoxy groups -OCH3 is 1. The lowest BCUT2D eigenvalue weighted by Gasteiger charge is -2.31. The highest BCUT2D eigenvalue weighted by Gasteiger charge is 2.46. The molecule has 2 aromatic rings. The summed E-state index contributed by atoms with van der Waals surface area (Å²) in [4.78, 5) is 40.5. The van der Waals surface area contributed by atoms with E-state index in [0.717, 1.165) is 0 Å². The van der Waals surface area contributed by atoms with Gasteiger partial charge in [0.15, 0.2) is 0 Å². The van der Waals surface area contributed by atoms with Crippen LogP contribution in [0.2, 0.25) is 0 Å². The molecular formula is C24H25N3O7. The minimum atomic E-state index is -0.956. The average molecular weight is 467 g/mol. The molecule has 0 spiro atoms. The molecule has 0 aliphatic carbocycles. The summed E-state index contributed by atoms with van der Waals surface area (Å²) in [5.74, 6) is -1.35. The Labute approximate surface area is 196 Å². The topological polar surface area (TPSA) is 122 Å². The van der Waals surface area contributed by atoms with E-state index in [1.165, 1.54) is 30.2 Å². The van der Waals surface area contributed by atoms with Gasteiger partial charge in [0.1, 0.15) is 11.5 Å². The smallest absolute Gasteiger partial charge is 0.295 e. The first-order chi connectivity index (χ1) is 16.4. The Morgan fingerprint density at radius 2 is 1.85 bits per heavy atom. The average Bonchev–Trinajstić information content (AvgIpc) is 3.12. The van der Waals surface area contributed by atoms with E-state index in [1.807, 2.05) is 0 Å². The van der Waals surface area contributed by atoms with Gasteiger partial charge in [-0.15, -0.1) is 0 Å². The van der Waals surface area contributed by atoms with Crippen LogP contribution in [0.4, 0.5) is 5.69 Å². The van der Waals surface area contributed by atoms with Crippen LogP contribution in [0.15, 0.2) is 54.1 Å². The van der Waals surface area contributed by atoms with E-state index in [0.29, 0.717) is 49.7 Å². The van der Waals surface area contributed by atoms with Crippen LogP contribution in [-0.4, -0.2) is 78.0 Å². The van der Waals surface area contributed by atoms with Crippen molar-refractivity contribution in [3.63, 3.8) is 0 Å². The first kappa shape index (κ1) is 23.4. The van der Waals surface area contributed by atoms with Crippen molar-refractivity contribution < 1.29 is 29.1 Å². The van der Waals surface area contributed by atoms with Crippen molar-refractivity contribution in [3.05, 3.63) is 75.3 Å². The van der Waals surface area contributed by atoms with E-state index in [4.69, 9.17) is 9.47 Å². The van der Waals surface area contributed by atoms with Gasteiger partial charge < -0.3 is 19.5 Å². The molecule has 4 rings (SSSR count). The highest BCUT2D eigenvalue weighted by Crippen LogP contribution is 2.40. The molecule has 0 saturated carbocycles. The van der Waals surface area contributed by atoms with Gasteiger partial charge in [-0.25, -0.2) is 0 Å². The van der Waals surface area contributed by atoms with Crippen LogP contribution in [0.25, 0.3) is 5.76 Å². The number of carbonyl (C=O) groups excluding carboxylic acids is 2. The number of ketones is 1. The molecule has 178 valence electrons. The molecule has 2 saturated heterocycles. The summed E-state index contributed by atoms with van der Waals surface area (Å²) >= 11 is 0.